The van der Waals surface area contributed by atoms with Gasteiger partial charge in [-0.05, 0) is 51.9 Å². The predicted molar refractivity (Wildman–Crippen MR) is 62.5 cm³/mol. The van der Waals surface area contributed by atoms with E-state index in [1.165, 1.54) is 6.42 Å². The Hall–Kier alpha value is -0.770. The van der Waals surface area contributed by atoms with Crippen LogP contribution in [0.15, 0.2) is 0 Å². The molecule has 0 radical (unpaired) electrons. The van der Waals surface area contributed by atoms with Crippen molar-refractivity contribution in [2.24, 2.45) is 11.8 Å². The first-order valence-corrected chi connectivity index (χ1v) is 6.56. The fourth-order valence-corrected chi connectivity index (χ4v) is 3.59. The van der Waals surface area contributed by atoms with Crippen LogP contribution in [0, 0.1) is 11.8 Å². The van der Waals surface area contributed by atoms with Crippen LogP contribution >= 0.6 is 0 Å². The van der Waals surface area contributed by atoms with E-state index in [1.807, 2.05) is 25.7 Å². The third kappa shape index (κ3) is 1.82. The van der Waals surface area contributed by atoms with E-state index in [-0.39, 0.29) is 24.3 Å². The molecule has 4 heteroatoms. The maximum absolute atomic E-state index is 12.2. The lowest BCUT2D eigenvalue weighted by molar-refractivity contribution is -0.0202. The topological polar surface area (TPSA) is 49.8 Å². The van der Waals surface area contributed by atoms with Crippen LogP contribution in [0.2, 0.25) is 0 Å². The van der Waals surface area contributed by atoms with Crippen molar-refractivity contribution in [3.63, 3.8) is 0 Å². The molecule has 1 N–H and O–H groups in total. The van der Waals surface area contributed by atoms with Crippen LogP contribution < -0.4 is 0 Å². The van der Waals surface area contributed by atoms with Gasteiger partial charge >= 0.3 is 6.09 Å². The summed E-state index contributed by atoms with van der Waals surface area (Å²) in [5.74, 6) is 1.26. The predicted octanol–water partition coefficient (Wildman–Crippen LogP) is 1.77. The maximum Gasteiger partial charge on any atom is 0.410 e. The molecule has 4 nitrogen and oxygen atoms in total. The molecule has 0 aromatic carbocycles. The minimum atomic E-state index is -0.434. The van der Waals surface area contributed by atoms with Crippen molar-refractivity contribution in [2.75, 3.05) is 0 Å². The van der Waals surface area contributed by atoms with Crippen molar-refractivity contribution in [1.82, 2.24) is 4.90 Å². The summed E-state index contributed by atoms with van der Waals surface area (Å²) >= 11 is 0. The number of ether oxygens (including phenoxy) is 1. The molecule has 2 heterocycles. The number of hydrogen-bond donors (Lipinski definition) is 1. The highest BCUT2D eigenvalue weighted by Crippen LogP contribution is 2.58. The Bertz CT molecular complexity index is 331. The normalized spacial score (nSPS) is 43.3. The molecule has 2 aliphatic heterocycles. The number of hydrogen-bond acceptors (Lipinski definition) is 3. The van der Waals surface area contributed by atoms with Gasteiger partial charge in [0.2, 0.25) is 0 Å². The summed E-state index contributed by atoms with van der Waals surface area (Å²) in [6, 6.07) is 0.451. The van der Waals surface area contributed by atoms with E-state index in [0.717, 1.165) is 12.8 Å². The second kappa shape index (κ2) is 3.37. The van der Waals surface area contributed by atoms with Crippen LogP contribution in [0.4, 0.5) is 4.79 Å². The molecule has 1 saturated carbocycles. The molecule has 2 unspecified atom stereocenters. The first-order valence-electron chi connectivity index (χ1n) is 6.56. The van der Waals surface area contributed by atoms with E-state index < -0.39 is 5.60 Å². The molecule has 2 saturated heterocycles. The van der Waals surface area contributed by atoms with Gasteiger partial charge in [0.25, 0.3) is 0 Å². The number of carbonyl (C=O) groups is 1. The van der Waals surface area contributed by atoms with Crippen LogP contribution in [0.25, 0.3) is 0 Å². The highest BCUT2D eigenvalue weighted by atomic mass is 16.6. The monoisotopic (exact) mass is 239 g/mol. The lowest BCUT2D eigenvalue weighted by Crippen LogP contribution is -2.52. The van der Waals surface area contributed by atoms with Crippen molar-refractivity contribution < 1.29 is 14.6 Å². The van der Waals surface area contributed by atoms with Crippen LogP contribution in [-0.2, 0) is 4.74 Å². The molecular weight excluding hydrogens is 218 g/mol. The Labute approximate surface area is 102 Å². The van der Waals surface area contributed by atoms with E-state index >= 15 is 0 Å². The number of piperidine rings is 2. The fourth-order valence-electron chi connectivity index (χ4n) is 3.59. The Balaban J connectivity index is 1.75. The van der Waals surface area contributed by atoms with Gasteiger partial charge < -0.3 is 14.7 Å². The summed E-state index contributed by atoms with van der Waals surface area (Å²) in [6.07, 6.45) is 2.29. The molecule has 3 aliphatic rings. The van der Waals surface area contributed by atoms with Crippen molar-refractivity contribution in [3.05, 3.63) is 0 Å². The number of amides is 1. The highest BCUT2D eigenvalue weighted by Gasteiger charge is 2.63. The lowest BCUT2D eigenvalue weighted by Gasteiger charge is -2.40. The fraction of sp³-hybridized carbons (Fsp3) is 0.923. The summed E-state index contributed by atoms with van der Waals surface area (Å²) in [6.45, 7) is 5.69. The quantitative estimate of drug-likeness (QED) is 0.701. The van der Waals surface area contributed by atoms with Gasteiger partial charge in [-0.25, -0.2) is 4.79 Å². The molecule has 5 atom stereocenters. The van der Waals surface area contributed by atoms with Gasteiger partial charge in [0.15, 0.2) is 0 Å². The van der Waals surface area contributed by atoms with Crippen molar-refractivity contribution in [1.29, 1.82) is 0 Å². The Morgan fingerprint density at radius 3 is 2.18 bits per heavy atom. The molecule has 0 aromatic heterocycles. The largest absolute Gasteiger partial charge is 0.444 e. The zero-order valence-electron chi connectivity index (χ0n) is 10.7. The van der Waals surface area contributed by atoms with E-state index in [0.29, 0.717) is 11.8 Å². The average molecular weight is 239 g/mol. The zero-order chi connectivity index (χ0) is 12.4. The molecule has 17 heavy (non-hydrogen) atoms. The van der Waals surface area contributed by atoms with Crippen LogP contribution in [0.5, 0.6) is 0 Å². The van der Waals surface area contributed by atoms with Gasteiger partial charge in [-0.1, -0.05) is 0 Å². The molecule has 96 valence electrons. The molecule has 1 aliphatic carbocycles. The average Bonchev–Trinajstić information content (AvgIpc) is 2.87. The van der Waals surface area contributed by atoms with Crippen LogP contribution in [0.1, 0.15) is 40.0 Å². The first-order chi connectivity index (χ1) is 7.87. The molecular formula is C13H21NO3. The third-order valence-corrected chi connectivity index (χ3v) is 4.23. The van der Waals surface area contributed by atoms with Gasteiger partial charge in [0.1, 0.15) is 5.60 Å². The Kier molecular flexibility index (Phi) is 2.25. The first kappa shape index (κ1) is 11.3. The van der Waals surface area contributed by atoms with Gasteiger partial charge in [0.05, 0.1) is 6.10 Å². The number of rotatable bonds is 0. The van der Waals surface area contributed by atoms with Gasteiger partial charge in [0, 0.05) is 12.1 Å². The second-order valence-electron chi connectivity index (χ2n) is 6.71. The molecule has 0 spiro atoms. The molecule has 0 aromatic rings. The van der Waals surface area contributed by atoms with Gasteiger partial charge in [-0.2, -0.15) is 0 Å². The summed E-state index contributed by atoms with van der Waals surface area (Å²) in [5.41, 5.74) is -0.434. The highest BCUT2D eigenvalue weighted by molar-refractivity contribution is 5.70. The van der Waals surface area contributed by atoms with E-state index in [4.69, 9.17) is 4.74 Å². The number of carbonyl (C=O) groups excluding carboxylic acids is 1. The summed E-state index contributed by atoms with van der Waals surface area (Å²) < 4.78 is 5.47. The van der Waals surface area contributed by atoms with E-state index in [2.05, 4.69) is 0 Å². The summed E-state index contributed by atoms with van der Waals surface area (Å²) in [7, 11) is 0. The summed E-state index contributed by atoms with van der Waals surface area (Å²) in [4.78, 5) is 14.1. The second-order valence-corrected chi connectivity index (χ2v) is 6.71. The van der Waals surface area contributed by atoms with Crippen molar-refractivity contribution in [3.8, 4) is 0 Å². The van der Waals surface area contributed by atoms with Crippen LogP contribution in [-0.4, -0.2) is 39.9 Å². The van der Waals surface area contributed by atoms with Crippen molar-refractivity contribution in [2.45, 2.75) is 63.8 Å². The molecule has 3 fully saturated rings. The van der Waals surface area contributed by atoms with Crippen molar-refractivity contribution >= 4 is 6.09 Å². The Morgan fingerprint density at radius 1 is 1.18 bits per heavy atom. The van der Waals surface area contributed by atoms with Gasteiger partial charge in [-0.3, -0.25) is 0 Å². The minimum Gasteiger partial charge on any atom is -0.444 e. The lowest BCUT2D eigenvalue weighted by atomic mass is 9.96. The number of aliphatic hydroxyl groups is 1. The molecule has 1 amide bonds. The third-order valence-electron chi connectivity index (χ3n) is 4.23. The smallest absolute Gasteiger partial charge is 0.410 e. The minimum absolute atomic E-state index is 0.188. The number of fused-ring (bicyclic) bond motifs is 5. The number of nitrogens with zero attached hydrogens (tertiary/aromatic N) is 1. The van der Waals surface area contributed by atoms with E-state index in [9.17, 15) is 9.90 Å². The Morgan fingerprint density at radius 2 is 1.71 bits per heavy atom. The SMILES string of the molecule is CC(C)(C)OC(=O)N1C2CC(O)C[C@H]1[C@@H]1C[C@H]21. The maximum atomic E-state index is 12.2. The zero-order valence-corrected chi connectivity index (χ0v) is 10.7. The number of aliphatic hydroxyl groups excluding tert-OH is 1. The molecule has 2 bridgehead atoms. The molecule has 3 rings (SSSR count). The standard InChI is InChI=1S/C13H21NO3/c1-13(2,3)17-12(16)14-10-4-7(15)5-11(14)9-6-8(9)10/h7-11,15H,4-6H2,1-3H3/t7?,8-,9+,10+,11?/m1/s1. The van der Waals surface area contributed by atoms with Crippen LogP contribution in [0.3, 0.4) is 0 Å². The van der Waals surface area contributed by atoms with E-state index in [1.54, 1.807) is 0 Å². The van der Waals surface area contributed by atoms with Gasteiger partial charge in [-0.15, -0.1) is 0 Å². The summed E-state index contributed by atoms with van der Waals surface area (Å²) in [5, 5.41) is 9.78.